The zero-order chi connectivity index (χ0) is 31.1. The Hall–Kier alpha value is -4.64. The van der Waals surface area contributed by atoms with E-state index in [0.717, 1.165) is 36.1 Å². The number of carbonyl (C=O) groups excluding carboxylic acids is 2. The lowest BCUT2D eigenvalue weighted by Crippen LogP contribution is -2.51. The van der Waals surface area contributed by atoms with Crippen molar-refractivity contribution in [1.82, 2.24) is 33.9 Å². The summed E-state index contributed by atoms with van der Waals surface area (Å²) in [6.45, 7) is 3.04. The fourth-order valence-corrected chi connectivity index (χ4v) is 7.96. The molecule has 2 saturated carbocycles. The molecule has 3 atom stereocenters. The van der Waals surface area contributed by atoms with Gasteiger partial charge in [0.1, 0.15) is 17.0 Å². The zero-order valence-corrected chi connectivity index (χ0v) is 25.4. The van der Waals surface area contributed by atoms with E-state index in [2.05, 4.69) is 15.6 Å². The molecule has 6 heterocycles. The van der Waals surface area contributed by atoms with Crippen molar-refractivity contribution in [2.24, 2.45) is 23.5 Å². The van der Waals surface area contributed by atoms with Gasteiger partial charge in [0.15, 0.2) is 5.82 Å². The first-order valence-electron chi connectivity index (χ1n) is 16.3. The Bertz CT molecular complexity index is 2010. The maximum atomic E-state index is 16.3. The van der Waals surface area contributed by atoms with Crippen LogP contribution in [0.4, 0.5) is 4.39 Å². The Balaban J connectivity index is 1.11. The molecule has 1 aromatic carbocycles. The van der Waals surface area contributed by atoms with E-state index in [0.29, 0.717) is 66.0 Å². The van der Waals surface area contributed by atoms with E-state index in [-0.39, 0.29) is 29.8 Å². The van der Waals surface area contributed by atoms with Gasteiger partial charge in [0.2, 0.25) is 0 Å². The summed E-state index contributed by atoms with van der Waals surface area (Å²) < 4.78 is 20.5. The number of rotatable bonds is 7. The third kappa shape index (κ3) is 4.43. The third-order valence-electron chi connectivity index (χ3n) is 10.6. The highest BCUT2D eigenvalue weighted by molar-refractivity contribution is 5.99. The Labute approximate surface area is 265 Å². The number of nitrogens with two attached hydrogens (primary N) is 1. The molecule has 0 spiro atoms. The van der Waals surface area contributed by atoms with Gasteiger partial charge in [-0.25, -0.2) is 14.4 Å². The van der Waals surface area contributed by atoms with Gasteiger partial charge in [0.25, 0.3) is 11.8 Å². The number of piperidine rings is 1. The molecule has 2 bridgehead atoms. The first kappa shape index (κ1) is 27.7. The van der Waals surface area contributed by atoms with Crippen LogP contribution in [0.3, 0.4) is 0 Å². The van der Waals surface area contributed by atoms with E-state index in [9.17, 15) is 9.59 Å². The Morgan fingerprint density at radius 2 is 1.67 bits per heavy atom. The number of hydrogen-bond acceptors (Lipinski definition) is 6. The lowest BCUT2D eigenvalue weighted by atomic mass is 9.98. The molecule has 4 fully saturated rings. The molecule has 5 aromatic rings. The second kappa shape index (κ2) is 10.4. The van der Waals surface area contributed by atoms with Crippen molar-refractivity contribution in [3.8, 4) is 11.5 Å². The quantitative estimate of drug-likeness (QED) is 0.291. The van der Waals surface area contributed by atoms with Crippen LogP contribution >= 0.6 is 0 Å². The van der Waals surface area contributed by atoms with E-state index in [1.807, 2.05) is 26.5 Å². The van der Waals surface area contributed by atoms with Gasteiger partial charge in [-0.15, -0.1) is 0 Å². The van der Waals surface area contributed by atoms with Gasteiger partial charge in [-0.1, -0.05) is 0 Å². The number of fused-ring (bicyclic) bond motifs is 4. The number of hydrogen-bond donors (Lipinski definition) is 1. The van der Waals surface area contributed by atoms with Crippen molar-refractivity contribution < 1.29 is 14.0 Å². The van der Waals surface area contributed by atoms with E-state index < -0.39 is 5.82 Å². The summed E-state index contributed by atoms with van der Waals surface area (Å²) in [6, 6.07) is 12.6. The van der Waals surface area contributed by atoms with Crippen LogP contribution in [0.5, 0.6) is 0 Å². The van der Waals surface area contributed by atoms with E-state index in [1.165, 1.54) is 18.9 Å². The molecular weight excluding hydrogens is 583 g/mol. The summed E-state index contributed by atoms with van der Waals surface area (Å²) in [6.07, 6.45) is 9.32. The van der Waals surface area contributed by atoms with Crippen molar-refractivity contribution >= 4 is 33.9 Å². The molecule has 2 amide bonds. The predicted molar refractivity (Wildman–Crippen MR) is 170 cm³/mol. The summed E-state index contributed by atoms with van der Waals surface area (Å²) in [7, 11) is 0. The molecule has 11 heteroatoms. The summed E-state index contributed by atoms with van der Waals surface area (Å²) >= 11 is 0. The lowest BCUT2D eigenvalue weighted by Gasteiger charge is -2.39. The molecule has 234 valence electrons. The highest BCUT2D eigenvalue weighted by Crippen LogP contribution is 2.39. The van der Waals surface area contributed by atoms with Crippen LogP contribution in [-0.2, 0) is 13.1 Å². The van der Waals surface area contributed by atoms with Crippen molar-refractivity contribution in [3.63, 3.8) is 0 Å². The average Bonchev–Trinajstić information content (AvgIpc) is 3.40. The molecule has 46 heavy (non-hydrogen) atoms. The van der Waals surface area contributed by atoms with Crippen molar-refractivity contribution in [1.29, 1.82) is 0 Å². The maximum absolute atomic E-state index is 16.3. The largest absolute Gasteiger partial charge is 0.338 e. The standard InChI is InChI=1S/C35H35FN8O2/c36-26-12-25(35(46)43-19-24-5-6-28(43)30(24)37)13-27-31(26)44(18-21-15-41(16-21)34(45)22-7-10-38-11-8-22)33(40-27)29-14-23-2-1-9-39-32(23)42(29)17-20-3-4-20/h1-2,7-14,20-21,24,28,30H,3-6,15-19,37H2/t24?,28?,30-/m1/s1. The first-order chi connectivity index (χ1) is 22.4. The number of benzene rings is 1. The van der Waals surface area contributed by atoms with Gasteiger partial charge in [-0.05, 0) is 80.0 Å². The van der Waals surface area contributed by atoms with Gasteiger partial charge < -0.3 is 24.7 Å². The number of aromatic nitrogens is 5. The van der Waals surface area contributed by atoms with Crippen molar-refractivity contribution in [3.05, 3.63) is 78.0 Å². The highest BCUT2D eigenvalue weighted by Gasteiger charge is 2.47. The van der Waals surface area contributed by atoms with Crippen LogP contribution in [0.1, 0.15) is 46.4 Å². The second-order valence-corrected chi connectivity index (χ2v) is 13.6. The summed E-state index contributed by atoms with van der Waals surface area (Å²) in [5.74, 6) is 0.965. The highest BCUT2D eigenvalue weighted by atomic mass is 19.1. The molecule has 2 unspecified atom stereocenters. The molecule has 4 aliphatic rings. The smallest absolute Gasteiger partial charge is 0.254 e. The van der Waals surface area contributed by atoms with Crippen LogP contribution in [0, 0.1) is 23.6 Å². The van der Waals surface area contributed by atoms with Gasteiger partial charge in [-0.2, -0.15) is 0 Å². The van der Waals surface area contributed by atoms with Crippen LogP contribution in [0.2, 0.25) is 0 Å². The van der Waals surface area contributed by atoms with Crippen molar-refractivity contribution in [2.45, 2.75) is 50.9 Å². The van der Waals surface area contributed by atoms with Gasteiger partial charge in [0, 0.05) is 85.8 Å². The molecular formula is C35H35FN8O2. The Morgan fingerprint density at radius 1 is 0.870 bits per heavy atom. The molecule has 10 nitrogen and oxygen atoms in total. The topological polar surface area (TPSA) is 115 Å². The van der Waals surface area contributed by atoms with Crippen LogP contribution in [-0.4, -0.2) is 77.4 Å². The number of imidazole rings is 1. The lowest BCUT2D eigenvalue weighted by molar-refractivity contribution is 0.0471. The summed E-state index contributed by atoms with van der Waals surface area (Å²) in [4.78, 5) is 44.2. The molecule has 2 saturated heterocycles. The predicted octanol–water partition coefficient (Wildman–Crippen LogP) is 4.33. The monoisotopic (exact) mass is 618 g/mol. The SMILES string of the molecule is N[C@@H]1C2CCC1N(C(=O)c1cc(F)c3c(c1)nc(-c1cc4cccnc4n1CC1CC1)n3CC1CN(C(=O)c3ccncc3)C1)C2. The molecule has 9 rings (SSSR count). The number of halogens is 1. The van der Waals surface area contributed by atoms with Crippen LogP contribution < -0.4 is 5.73 Å². The normalized spacial score (nSPS) is 22.7. The maximum Gasteiger partial charge on any atom is 0.254 e. The van der Waals surface area contributed by atoms with E-state index >= 15 is 4.39 Å². The summed E-state index contributed by atoms with van der Waals surface area (Å²) in [5, 5.41) is 1.01. The Kier molecular flexibility index (Phi) is 6.28. The minimum atomic E-state index is -0.472. The number of carbonyl (C=O) groups is 2. The van der Waals surface area contributed by atoms with Crippen LogP contribution in [0.15, 0.2) is 61.1 Å². The van der Waals surface area contributed by atoms with Crippen molar-refractivity contribution in [2.75, 3.05) is 19.6 Å². The van der Waals surface area contributed by atoms with Gasteiger partial charge in [-0.3, -0.25) is 14.6 Å². The number of pyridine rings is 2. The molecule has 2 aliphatic heterocycles. The average molecular weight is 619 g/mol. The fraction of sp³-hybridized carbons (Fsp3) is 0.400. The number of likely N-dealkylation sites (tertiary alicyclic amines) is 2. The molecule has 4 aromatic heterocycles. The van der Waals surface area contributed by atoms with E-state index in [1.54, 1.807) is 36.8 Å². The van der Waals surface area contributed by atoms with E-state index in [4.69, 9.17) is 15.7 Å². The number of nitrogens with zero attached hydrogens (tertiary/aromatic N) is 7. The second-order valence-electron chi connectivity index (χ2n) is 13.6. The van der Waals surface area contributed by atoms with Crippen LogP contribution in [0.25, 0.3) is 33.6 Å². The molecule has 2 N–H and O–H groups in total. The molecule has 0 radical (unpaired) electrons. The Morgan fingerprint density at radius 3 is 2.41 bits per heavy atom. The third-order valence-corrected chi connectivity index (χ3v) is 10.6. The minimum Gasteiger partial charge on any atom is -0.338 e. The first-order valence-corrected chi connectivity index (χ1v) is 16.3. The fourth-order valence-electron chi connectivity index (χ4n) is 7.96. The molecule has 2 aliphatic carbocycles. The van der Waals surface area contributed by atoms with Gasteiger partial charge >= 0.3 is 0 Å². The number of amides is 2. The summed E-state index contributed by atoms with van der Waals surface area (Å²) in [5.41, 5.74) is 9.90. The minimum absolute atomic E-state index is 0.00595. The van der Waals surface area contributed by atoms with Gasteiger partial charge in [0.05, 0.1) is 11.2 Å². The zero-order valence-electron chi connectivity index (χ0n) is 25.4.